The van der Waals surface area contributed by atoms with Crippen LogP contribution in [-0.2, 0) is 20.9 Å². The zero-order valence-electron chi connectivity index (χ0n) is 32.9. The number of hydrogen-bond acceptors (Lipinski definition) is 9. The van der Waals surface area contributed by atoms with E-state index < -0.39 is 24.4 Å². The summed E-state index contributed by atoms with van der Waals surface area (Å²) < 4.78 is 18.7. The molecule has 0 spiro atoms. The maximum atomic E-state index is 13.6. The number of methoxy groups -OCH3 is 1. The largest absolute Gasteiger partial charge is 0.497 e. The summed E-state index contributed by atoms with van der Waals surface area (Å²) in [6.45, 7) is -0.0948. The second-order valence-corrected chi connectivity index (χ2v) is 14.9. The molecule has 0 aliphatic carbocycles. The predicted molar refractivity (Wildman–Crippen MR) is 214 cm³/mol. The molecule has 0 saturated carbocycles. The summed E-state index contributed by atoms with van der Waals surface area (Å²) >= 11 is 0. The standard InChI is InChI=1S/C44H60FN3O9/c1-57-35-22-16-32(17-23-35)42-36(24-25-37(50)31-14-18-33(45)19-15-31)44(56)48(42)34-20-12-30(13-21-34)28-46-40(53)10-8-6-4-2-3-5-7-9-11-41(54)47-29-39(52)43(55)38(51)26-27-49/h12-23,36-39,42-43,49-52,55H,2-11,24-29H2,1H3,(H,46,53)(H,47,54)/t36-,37+,38-,39+,42-,43+/m1/s1. The van der Waals surface area contributed by atoms with Crippen molar-refractivity contribution in [3.05, 3.63) is 95.3 Å². The fraction of sp³-hybridized carbons (Fsp3) is 0.523. The Bertz CT molecular complexity index is 1660. The van der Waals surface area contributed by atoms with Gasteiger partial charge in [0.25, 0.3) is 0 Å². The molecule has 1 aliphatic rings. The van der Waals surface area contributed by atoms with E-state index in [1.807, 2.05) is 48.5 Å². The zero-order chi connectivity index (χ0) is 41.2. The van der Waals surface area contributed by atoms with Gasteiger partial charge >= 0.3 is 0 Å². The molecule has 1 fully saturated rings. The third kappa shape index (κ3) is 14.2. The SMILES string of the molecule is COc1ccc([C@@H]2[C@@H](CC[C@H](O)c3ccc(F)cc3)C(=O)N2c2ccc(CNC(=O)CCCCCCCCCCC(=O)NC[C@H](O)[C@@H](O)[C@H](O)CCO)cc2)cc1. The number of aliphatic hydroxyl groups excluding tert-OH is 5. The van der Waals surface area contributed by atoms with Crippen molar-refractivity contribution < 1.29 is 49.0 Å². The summed E-state index contributed by atoms with van der Waals surface area (Å²) in [5.74, 6) is -0.262. The average molecular weight is 794 g/mol. The molecule has 12 nitrogen and oxygen atoms in total. The first-order chi connectivity index (χ1) is 27.5. The summed E-state index contributed by atoms with van der Waals surface area (Å²) in [6.07, 6.45) is 4.21. The van der Waals surface area contributed by atoms with Crippen LogP contribution in [0.5, 0.6) is 5.75 Å². The van der Waals surface area contributed by atoms with E-state index in [-0.39, 0.29) is 55.1 Å². The fourth-order valence-electron chi connectivity index (χ4n) is 7.17. The van der Waals surface area contributed by atoms with Gasteiger partial charge in [0.15, 0.2) is 0 Å². The lowest BCUT2D eigenvalue weighted by Crippen LogP contribution is -2.55. The number of halogens is 1. The van der Waals surface area contributed by atoms with Crippen LogP contribution in [0.2, 0.25) is 0 Å². The molecule has 1 heterocycles. The minimum atomic E-state index is -1.44. The van der Waals surface area contributed by atoms with Gasteiger partial charge in [-0.3, -0.25) is 14.4 Å². The number of hydrogen-bond donors (Lipinski definition) is 7. The molecule has 0 radical (unpaired) electrons. The second kappa shape index (κ2) is 23.7. The molecule has 13 heteroatoms. The number of unbranched alkanes of at least 4 members (excludes halogenated alkanes) is 7. The Labute approximate surface area is 335 Å². The number of amides is 3. The smallest absolute Gasteiger partial charge is 0.233 e. The van der Waals surface area contributed by atoms with Gasteiger partial charge in [0.2, 0.25) is 17.7 Å². The van der Waals surface area contributed by atoms with E-state index in [9.17, 15) is 39.2 Å². The van der Waals surface area contributed by atoms with Gasteiger partial charge < -0.3 is 45.8 Å². The summed E-state index contributed by atoms with van der Waals surface area (Å²) in [6, 6.07) is 20.8. The number of anilines is 1. The number of nitrogens with one attached hydrogen (secondary N) is 2. The quantitative estimate of drug-likeness (QED) is 0.0426. The van der Waals surface area contributed by atoms with Gasteiger partial charge in [-0.25, -0.2) is 4.39 Å². The molecule has 1 saturated heterocycles. The maximum Gasteiger partial charge on any atom is 0.233 e. The van der Waals surface area contributed by atoms with E-state index in [1.165, 1.54) is 12.1 Å². The highest BCUT2D eigenvalue weighted by Gasteiger charge is 2.48. The van der Waals surface area contributed by atoms with Crippen LogP contribution < -0.4 is 20.3 Å². The Kier molecular flexibility index (Phi) is 18.9. The van der Waals surface area contributed by atoms with Crippen LogP contribution >= 0.6 is 0 Å². The van der Waals surface area contributed by atoms with Crippen molar-refractivity contribution >= 4 is 23.4 Å². The number of benzene rings is 3. The normalized spacial score (nSPS) is 17.3. The summed E-state index contributed by atoms with van der Waals surface area (Å²) in [5, 5.41) is 54.4. The highest BCUT2D eigenvalue weighted by Crippen LogP contribution is 2.46. The molecule has 3 aromatic rings. The van der Waals surface area contributed by atoms with Gasteiger partial charge in [0.05, 0.1) is 37.4 Å². The van der Waals surface area contributed by atoms with Gasteiger partial charge in [-0.05, 0) is 85.2 Å². The topological polar surface area (TPSA) is 189 Å². The van der Waals surface area contributed by atoms with Crippen molar-refractivity contribution in [3.8, 4) is 5.75 Å². The molecule has 4 rings (SSSR count). The third-order valence-electron chi connectivity index (χ3n) is 10.7. The highest BCUT2D eigenvalue weighted by atomic mass is 19.1. The number of β-lactam (4-membered cyclic amide) rings is 1. The molecule has 3 amide bonds. The molecule has 57 heavy (non-hydrogen) atoms. The lowest BCUT2D eigenvalue weighted by molar-refractivity contribution is -0.131. The third-order valence-corrected chi connectivity index (χ3v) is 10.7. The van der Waals surface area contributed by atoms with Gasteiger partial charge in [0.1, 0.15) is 17.7 Å². The Balaban J connectivity index is 1.11. The molecule has 0 bridgehead atoms. The molecule has 0 unspecified atom stereocenters. The number of ether oxygens (including phenoxy) is 1. The Hall–Kier alpha value is -4.40. The highest BCUT2D eigenvalue weighted by molar-refractivity contribution is 6.03. The van der Waals surface area contributed by atoms with E-state index >= 15 is 0 Å². The van der Waals surface area contributed by atoms with Crippen molar-refractivity contribution in [2.45, 2.75) is 120 Å². The number of carbonyl (C=O) groups excluding carboxylic acids is 3. The van der Waals surface area contributed by atoms with Crippen molar-refractivity contribution in [3.63, 3.8) is 0 Å². The monoisotopic (exact) mass is 793 g/mol. The fourth-order valence-corrected chi connectivity index (χ4v) is 7.17. The van der Waals surface area contributed by atoms with Crippen LogP contribution in [0.1, 0.15) is 112 Å². The number of carbonyl (C=O) groups is 3. The van der Waals surface area contributed by atoms with Gasteiger partial charge in [0, 0.05) is 38.2 Å². The number of nitrogens with zero attached hydrogens (tertiary/aromatic N) is 1. The van der Waals surface area contributed by atoms with E-state index in [4.69, 9.17) is 9.84 Å². The minimum absolute atomic E-state index is 0.0103. The predicted octanol–water partition coefficient (Wildman–Crippen LogP) is 5.15. The average Bonchev–Trinajstić information content (AvgIpc) is 3.22. The number of rotatable bonds is 26. The van der Waals surface area contributed by atoms with E-state index in [0.29, 0.717) is 50.0 Å². The molecular formula is C44H60FN3O9. The van der Waals surface area contributed by atoms with E-state index in [2.05, 4.69) is 10.6 Å². The molecule has 1 aliphatic heterocycles. The van der Waals surface area contributed by atoms with Crippen LogP contribution in [-0.4, -0.2) is 81.8 Å². The van der Waals surface area contributed by atoms with Gasteiger partial charge in [-0.1, -0.05) is 74.9 Å². The van der Waals surface area contributed by atoms with Gasteiger partial charge in [-0.15, -0.1) is 0 Å². The lowest BCUT2D eigenvalue weighted by Gasteiger charge is -2.48. The van der Waals surface area contributed by atoms with Crippen LogP contribution in [0, 0.1) is 11.7 Å². The molecule has 0 aromatic heterocycles. The van der Waals surface area contributed by atoms with Crippen LogP contribution in [0.25, 0.3) is 0 Å². The van der Waals surface area contributed by atoms with E-state index in [0.717, 1.165) is 61.8 Å². The molecule has 6 atom stereocenters. The zero-order valence-corrected chi connectivity index (χ0v) is 32.9. The first kappa shape index (κ1) is 45.3. The molecule has 7 N–H and O–H groups in total. The Morgan fingerprint density at radius 1 is 0.754 bits per heavy atom. The first-order valence-electron chi connectivity index (χ1n) is 20.2. The number of aliphatic hydroxyl groups is 5. The molecule has 3 aromatic carbocycles. The van der Waals surface area contributed by atoms with Crippen molar-refractivity contribution in [1.29, 1.82) is 0 Å². The van der Waals surface area contributed by atoms with Gasteiger partial charge in [-0.2, -0.15) is 0 Å². The Morgan fingerprint density at radius 2 is 1.33 bits per heavy atom. The summed E-state index contributed by atoms with van der Waals surface area (Å²) in [7, 11) is 1.60. The minimum Gasteiger partial charge on any atom is -0.497 e. The van der Waals surface area contributed by atoms with Crippen molar-refractivity contribution in [2.75, 3.05) is 25.2 Å². The van der Waals surface area contributed by atoms with E-state index in [1.54, 1.807) is 24.1 Å². The molecular weight excluding hydrogens is 733 g/mol. The molecule has 312 valence electrons. The van der Waals surface area contributed by atoms with Crippen molar-refractivity contribution in [2.24, 2.45) is 5.92 Å². The Morgan fingerprint density at radius 3 is 1.91 bits per heavy atom. The summed E-state index contributed by atoms with van der Waals surface area (Å²) in [4.78, 5) is 39.9. The van der Waals surface area contributed by atoms with Crippen LogP contribution in [0.4, 0.5) is 10.1 Å². The lowest BCUT2D eigenvalue weighted by atomic mass is 9.78. The maximum absolute atomic E-state index is 13.6. The van der Waals surface area contributed by atoms with Crippen molar-refractivity contribution in [1.82, 2.24) is 10.6 Å². The van der Waals surface area contributed by atoms with Crippen LogP contribution in [0.15, 0.2) is 72.8 Å². The van der Waals surface area contributed by atoms with Crippen LogP contribution in [0.3, 0.4) is 0 Å². The first-order valence-corrected chi connectivity index (χ1v) is 20.2. The summed E-state index contributed by atoms with van der Waals surface area (Å²) in [5.41, 5.74) is 3.23. The second-order valence-electron chi connectivity index (χ2n) is 14.9.